The van der Waals surface area contributed by atoms with Gasteiger partial charge in [0.15, 0.2) is 0 Å². The van der Waals surface area contributed by atoms with Crippen LogP contribution in [0.4, 0.5) is 0 Å². The third-order valence-corrected chi connectivity index (χ3v) is 2.84. The quantitative estimate of drug-likeness (QED) is 0.405. The van der Waals surface area contributed by atoms with Gasteiger partial charge >= 0.3 is 0 Å². The van der Waals surface area contributed by atoms with E-state index in [1.54, 1.807) is 0 Å². The first kappa shape index (κ1) is 8.38. The van der Waals surface area contributed by atoms with Crippen molar-refractivity contribution in [2.45, 2.75) is 11.0 Å². The molecule has 2 aliphatic rings. The SMILES string of the molecule is BrC1=CC=C2NC(Br)C=CC2N1. The molecule has 0 aromatic carbocycles. The maximum atomic E-state index is 3.47. The van der Waals surface area contributed by atoms with Gasteiger partial charge in [-0.1, -0.05) is 28.1 Å². The van der Waals surface area contributed by atoms with Crippen LogP contribution >= 0.6 is 31.9 Å². The number of alkyl halides is 1. The normalized spacial score (nSPS) is 32.5. The third-order valence-electron chi connectivity index (χ3n) is 1.81. The third kappa shape index (κ3) is 1.59. The molecule has 2 nitrogen and oxygen atoms in total. The van der Waals surface area contributed by atoms with Crippen molar-refractivity contribution in [2.24, 2.45) is 0 Å². The zero-order valence-electron chi connectivity index (χ0n) is 6.22. The van der Waals surface area contributed by atoms with Gasteiger partial charge in [0.2, 0.25) is 0 Å². The monoisotopic (exact) mass is 290 g/mol. The number of halogens is 2. The van der Waals surface area contributed by atoms with Crippen molar-refractivity contribution in [1.82, 2.24) is 10.6 Å². The lowest BCUT2D eigenvalue weighted by atomic mass is 10.1. The van der Waals surface area contributed by atoms with Gasteiger partial charge in [0, 0.05) is 5.70 Å². The minimum Gasteiger partial charge on any atom is -0.371 e. The second kappa shape index (κ2) is 3.26. The van der Waals surface area contributed by atoms with E-state index in [2.05, 4.69) is 60.7 Å². The Hall–Kier alpha value is -0.220. The molecule has 2 heterocycles. The first-order valence-corrected chi connectivity index (χ1v) is 5.39. The van der Waals surface area contributed by atoms with Gasteiger partial charge in [0.25, 0.3) is 0 Å². The summed E-state index contributed by atoms with van der Waals surface area (Å²) in [6.45, 7) is 0. The average Bonchev–Trinajstić information content (AvgIpc) is 2.05. The Kier molecular flexibility index (Phi) is 2.28. The molecule has 12 heavy (non-hydrogen) atoms. The van der Waals surface area contributed by atoms with Gasteiger partial charge in [-0.05, 0) is 28.1 Å². The van der Waals surface area contributed by atoms with E-state index in [1.807, 2.05) is 6.08 Å². The van der Waals surface area contributed by atoms with Gasteiger partial charge in [-0.25, -0.2) is 0 Å². The second-order valence-electron chi connectivity index (χ2n) is 2.69. The highest BCUT2D eigenvalue weighted by molar-refractivity contribution is 9.11. The van der Waals surface area contributed by atoms with Crippen LogP contribution in [-0.2, 0) is 0 Å². The van der Waals surface area contributed by atoms with Gasteiger partial charge in [-0.15, -0.1) is 0 Å². The van der Waals surface area contributed by atoms with Crippen molar-refractivity contribution in [3.63, 3.8) is 0 Å². The molecule has 0 aromatic heterocycles. The Morgan fingerprint density at radius 2 is 2.00 bits per heavy atom. The number of hydrogen-bond donors (Lipinski definition) is 2. The molecule has 4 heteroatoms. The topological polar surface area (TPSA) is 24.1 Å². The van der Waals surface area contributed by atoms with Crippen LogP contribution in [-0.4, -0.2) is 11.0 Å². The number of dihydropyridines is 1. The molecule has 0 aromatic rings. The van der Waals surface area contributed by atoms with Crippen LogP contribution in [0.2, 0.25) is 0 Å². The molecular weight excluding hydrogens is 284 g/mol. The standard InChI is InChI=1S/C8H8Br2N2/c9-7-3-1-5-6(12-7)2-4-8(10)11-5/h1-5,7,11-12H. The summed E-state index contributed by atoms with van der Waals surface area (Å²) in [7, 11) is 0. The van der Waals surface area contributed by atoms with E-state index in [0.717, 1.165) is 4.61 Å². The Labute approximate surface area is 88.0 Å². The fourth-order valence-corrected chi connectivity index (χ4v) is 2.07. The summed E-state index contributed by atoms with van der Waals surface area (Å²) in [5.74, 6) is 0. The van der Waals surface area contributed by atoms with Crippen LogP contribution < -0.4 is 10.6 Å². The van der Waals surface area contributed by atoms with Gasteiger partial charge in [-0.3, -0.25) is 0 Å². The van der Waals surface area contributed by atoms with E-state index in [9.17, 15) is 0 Å². The predicted molar refractivity (Wildman–Crippen MR) is 57.0 cm³/mol. The molecule has 0 amide bonds. The molecule has 0 aliphatic carbocycles. The summed E-state index contributed by atoms with van der Waals surface area (Å²) in [4.78, 5) is 0.257. The Morgan fingerprint density at radius 1 is 1.17 bits per heavy atom. The Morgan fingerprint density at radius 3 is 2.83 bits per heavy atom. The first-order chi connectivity index (χ1) is 5.75. The number of rotatable bonds is 0. The highest BCUT2D eigenvalue weighted by Gasteiger charge is 2.19. The lowest BCUT2D eigenvalue weighted by Crippen LogP contribution is -2.40. The largest absolute Gasteiger partial charge is 0.371 e. The molecule has 0 saturated carbocycles. The molecule has 0 radical (unpaired) electrons. The number of hydrogen-bond acceptors (Lipinski definition) is 2. The number of fused-ring (bicyclic) bond motifs is 1. The maximum absolute atomic E-state index is 3.47. The van der Waals surface area contributed by atoms with Crippen LogP contribution in [0, 0.1) is 0 Å². The molecule has 2 N–H and O–H groups in total. The molecule has 2 atom stereocenters. The van der Waals surface area contributed by atoms with Crippen molar-refractivity contribution in [1.29, 1.82) is 0 Å². The van der Waals surface area contributed by atoms with E-state index in [1.165, 1.54) is 5.70 Å². The highest BCUT2D eigenvalue weighted by Crippen LogP contribution is 2.19. The fraction of sp³-hybridized carbons (Fsp3) is 0.250. The Bertz CT molecular complexity index is 281. The lowest BCUT2D eigenvalue weighted by Gasteiger charge is -2.28. The summed E-state index contributed by atoms with van der Waals surface area (Å²) in [6.07, 6.45) is 8.29. The molecule has 2 unspecified atom stereocenters. The van der Waals surface area contributed by atoms with E-state index >= 15 is 0 Å². The molecule has 2 rings (SSSR count). The van der Waals surface area contributed by atoms with Crippen LogP contribution in [0.25, 0.3) is 0 Å². The van der Waals surface area contributed by atoms with Crippen molar-refractivity contribution >= 4 is 31.9 Å². The Balaban J connectivity index is 2.25. The number of allylic oxidation sites excluding steroid dienone is 2. The maximum Gasteiger partial charge on any atom is 0.100 e. The minimum absolute atomic E-state index is 0.257. The second-order valence-corrected chi connectivity index (χ2v) is 4.53. The lowest BCUT2D eigenvalue weighted by molar-refractivity contribution is 0.663. The molecule has 0 bridgehead atoms. The highest BCUT2D eigenvalue weighted by atomic mass is 79.9. The van der Waals surface area contributed by atoms with E-state index in [0.29, 0.717) is 0 Å². The summed E-state index contributed by atoms with van der Waals surface area (Å²) < 4.78 is 1.02. The summed E-state index contributed by atoms with van der Waals surface area (Å²) in [5, 5.41) is 6.58. The first-order valence-electron chi connectivity index (χ1n) is 3.68. The van der Waals surface area contributed by atoms with Gasteiger partial charge in [0.05, 0.1) is 10.6 Å². The zero-order chi connectivity index (χ0) is 8.55. The van der Waals surface area contributed by atoms with Crippen LogP contribution in [0.3, 0.4) is 0 Å². The van der Waals surface area contributed by atoms with E-state index < -0.39 is 0 Å². The fourth-order valence-electron chi connectivity index (χ4n) is 1.25. The molecule has 2 aliphatic heterocycles. The molecule has 0 saturated heterocycles. The van der Waals surface area contributed by atoms with Gasteiger partial charge < -0.3 is 10.6 Å². The van der Waals surface area contributed by atoms with E-state index in [-0.39, 0.29) is 11.0 Å². The number of nitrogens with one attached hydrogen (secondary N) is 2. The van der Waals surface area contributed by atoms with Crippen molar-refractivity contribution in [3.8, 4) is 0 Å². The molecule has 0 fully saturated rings. The zero-order valence-corrected chi connectivity index (χ0v) is 9.39. The molecule has 64 valence electrons. The van der Waals surface area contributed by atoms with Crippen molar-refractivity contribution < 1.29 is 0 Å². The van der Waals surface area contributed by atoms with E-state index in [4.69, 9.17) is 0 Å². The van der Waals surface area contributed by atoms with Crippen molar-refractivity contribution in [3.05, 3.63) is 34.6 Å². The summed E-state index contributed by atoms with van der Waals surface area (Å²) >= 11 is 6.86. The van der Waals surface area contributed by atoms with Gasteiger partial charge in [-0.2, -0.15) is 0 Å². The summed E-state index contributed by atoms with van der Waals surface area (Å²) in [5.41, 5.74) is 1.20. The molecule has 0 spiro atoms. The van der Waals surface area contributed by atoms with Crippen LogP contribution in [0.1, 0.15) is 0 Å². The minimum atomic E-state index is 0.257. The van der Waals surface area contributed by atoms with Crippen molar-refractivity contribution in [2.75, 3.05) is 0 Å². The molecular formula is C8H8Br2N2. The summed E-state index contributed by atoms with van der Waals surface area (Å²) in [6, 6.07) is 0.290. The predicted octanol–water partition coefficient (Wildman–Crippen LogP) is 1.96. The smallest absolute Gasteiger partial charge is 0.100 e. The van der Waals surface area contributed by atoms with Gasteiger partial charge in [0.1, 0.15) is 4.95 Å². The van der Waals surface area contributed by atoms with Crippen LogP contribution in [0.5, 0.6) is 0 Å². The van der Waals surface area contributed by atoms with Crippen LogP contribution in [0.15, 0.2) is 34.6 Å². The average molecular weight is 292 g/mol.